The van der Waals surface area contributed by atoms with Gasteiger partial charge in [-0.05, 0) is 128 Å². The number of H-pyrrole nitrogens is 1. The van der Waals surface area contributed by atoms with Gasteiger partial charge in [-0.2, -0.15) is 5.26 Å². The molecule has 5 unspecified atom stereocenters. The van der Waals surface area contributed by atoms with E-state index in [4.69, 9.17) is 48.8 Å². The number of hydrogen-bond acceptors (Lipinski definition) is 13. The molecule has 1 aliphatic heterocycles. The summed E-state index contributed by atoms with van der Waals surface area (Å²) in [5, 5.41) is 9.18. The van der Waals surface area contributed by atoms with Crippen LogP contribution in [-0.2, 0) is 45.0 Å². The summed E-state index contributed by atoms with van der Waals surface area (Å²) in [6, 6.07) is 28.0. The summed E-state index contributed by atoms with van der Waals surface area (Å²) >= 11 is 6.06. The molecule has 1 aromatic heterocycles. The lowest BCUT2D eigenvalue weighted by Gasteiger charge is -2.39. The SMILES string of the molecule is COc1ccc(C(OCC2OC(n3cc(C)c(=O)[nH]c3=O)CC2OP(OCCCCOP(=S)(OCCC#N)N(C(C)C)C(C)C)N(C(C)C)C(C)C)(c2ccccc2)c2ccc(OC)cc2)cc1. The minimum Gasteiger partial charge on any atom is -0.497 e. The average Bonchev–Trinajstić information content (AvgIpc) is 3.70. The van der Waals surface area contributed by atoms with Crippen molar-refractivity contribution >= 4 is 27.0 Å². The van der Waals surface area contributed by atoms with Gasteiger partial charge in [0.25, 0.3) is 20.7 Å². The second-order valence-corrected chi connectivity index (χ2v) is 22.5. The lowest BCUT2D eigenvalue weighted by molar-refractivity contribution is -0.0926. The number of ether oxygens (including phenoxy) is 4. The first-order valence-electron chi connectivity index (χ1n) is 23.4. The maximum atomic E-state index is 13.4. The first-order valence-corrected chi connectivity index (χ1v) is 27.1. The van der Waals surface area contributed by atoms with Crippen molar-refractivity contribution in [3.05, 3.63) is 128 Å². The molecule has 0 bridgehead atoms. The highest BCUT2D eigenvalue weighted by Crippen LogP contribution is 2.55. The number of aromatic nitrogens is 2. The highest BCUT2D eigenvalue weighted by atomic mass is 32.5. The maximum absolute atomic E-state index is 13.4. The molecule has 1 saturated heterocycles. The van der Waals surface area contributed by atoms with Crippen molar-refractivity contribution in [1.29, 1.82) is 5.26 Å². The number of rotatable bonds is 27. The fourth-order valence-electron chi connectivity index (χ4n) is 8.52. The standard InChI is InChI=1S/C50H71N5O10P2S/c1-35(2)54(36(3)4)66(61-29-15-16-30-62-67(68,63-31-17-28-51)55(37(5)6)38(7)8)65-45-32-47(53-33-39(9)48(56)52-49(53)57)64-46(45)34-60-50(40-18-13-12-14-19-40,41-20-24-43(58-10)25-21-41)42-22-26-44(59-11)27-23-42/h12-14,18-27,33,35-38,45-47H,15-17,29-32,34H2,1-11H3,(H,52,56,57). The lowest BCUT2D eigenvalue weighted by atomic mass is 9.80. The van der Waals surface area contributed by atoms with Crippen LogP contribution >= 0.6 is 15.2 Å². The number of unbranched alkanes of at least 4 members (excludes halogenated alkanes) is 1. The maximum Gasteiger partial charge on any atom is 0.330 e. The van der Waals surface area contributed by atoms with E-state index in [0.29, 0.717) is 43.1 Å². The van der Waals surface area contributed by atoms with Crippen LogP contribution in [0.5, 0.6) is 11.5 Å². The third-order valence-electron chi connectivity index (χ3n) is 11.6. The number of aryl methyl sites for hydroxylation is 1. The average molecular weight is 996 g/mol. The molecule has 1 aliphatic rings. The van der Waals surface area contributed by atoms with Crippen molar-refractivity contribution in [1.82, 2.24) is 18.9 Å². The van der Waals surface area contributed by atoms with Crippen LogP contribution < -0.4 is 20.7 Å². The first-order chi connectivity index (χ1) is 32.5. The van der Waals surface area contributed by atoms with Gasteiger partial charge in [0.2, 0.25) is 0 Å². The third kappa shape index (κ3) is 13.7. The highest BCUT2D eigenvalue weighted by molar-refractivity contribution is 8.08. The Bertz CT molecular complexity index is 2310. The molecule has 68 heavy (non-hydrogen) atoms. The van der Waals surface area contributed by atoms with Crippen molar-refractivity contribution in [2.75, 3.05) is 40.6 Å². The van der Waals surface area contributed by atoms with E-state index in [1.165, 1.54) is 10.8 Å². The smallest absolute Gasteiger partial charge is 0.330 e. The second-order valence-electron chi connectivity index (χ2n) is 17.8. The molecule has 372 valence electrons. The minimum absolute atomic E-state index is 0.0290. The van der Waals surface area contributed by atoms with E-state index in [0.717, 1.165) is 16.7 Å². The Labute approximate surface area is 409 Å². The molecule has 4 aromatic rings. The van der Waals surface area contributed by atoms with Gasteiger partial charge in [-0.15, -0.1) is 0 Å². The molecule has 0 saturated carbocycles. The van der Waals surface area contributed by atoms with Crippen LogP contribution in [0.1, 0.15) is 110 Å². The number of methoxy groups -OCH3 is 2. The van der Waals surface area contributed by atoms with Crippen molar-refractivity contribution in [3.63, 3.8) is 0 Å². The Morgan fingerprint density at radius 2 is 1.37 bits per heavy atom. The van der Waals surface area contributed by atoms with Crippen LogP contribution in [-0.4, -0.2) is 95.9 Å². The number of hydrogen-bond donors (Lipinski definition) is 1. The summed E-state index contributed by atoms with van der Waals surface area (Å²) in [5.41, 5.74) is 0.742. The first kappa shape index (κ1) is 55.1. The monoisotopic (exact) mass is 995 g/mol. The molecule has 5 atom stereocenters. The number of nitrogens with one attached hydrogen (secondary N) is 1. The summed E-state index contributed by atoms with van der Waals surface area (Å²) < 4.78 is 57.5. The van der Waals surface area contributed by atoms with Crippen LogP contribution in [0.15, 0.2) is 94.6 Å². The molecular formula is C50H71N5O10P2S. The van der Waals surface area contributed by atoms with Gasteiger partial charge in [0.1, 0.15) is 29.4 Å². The molecule has 0 spiro atoms. The van der Waals surface area contributed by atoms with Crippen molar-refractivity contribution in [2.24, 2.45) is 0 Å². The summed E-state index contributed by atoms with van der Waals surface area (Å²) in [5.74, 6) is 1.39. The van der Waals surface area contributed by atoms with E-state index in [-0.39, 0.29) is 50.2 Å². The quantitative estimate of drug-likeness (QED) is 0.0342. The van der Waals surface area contributed by atoms with Crippen LogP contribution in [0.25, 0.3) is 0 Å². The summed E-state index contributed by atoms with van der Waals surface area (Å²) in [6.07, 6.45) is 1.19. The number of benzene rings is 3. The fourth-order valence-corrected chi connectivity index (χ4v) is 14.0. The van der Waals surface area contributed by atoms with Crippen LogP contribution in [0, 0.1) is 18.3 Å². The molecule has 0 aliphatic carbocycles. The minimum atomic E-state index is -2.87. The van der Waals surface area contributed by atoms with Crippen molar-refractivity contribution in [3.8, 4) is 17.6 Å². The molecule has 1 fully saturated rings. The molecule has 18 heteroatoms. The van der Waals surface area contributed by atoms with Crippen LogP contribution in [0.3, 0.4) is 0 Å². The highest BCUT2D eigenvalue weighted by Gasteiger charge is 2.45. The van der Waals surface area contributed by atoms with E-state index in [2.05, 4.69) is 75.8 Å². The fraction of sp³-hybridized carbons (Fsp3) is 0.540. The van der Waals surface area contributed by atoms with Crippen LogP contribution in [0.4, 0.5) is 0 Å². The van der Waals surface area contributed by atoms with Crippen molar-refractivity contribution < 1.29 is 37.0 Å². The predicted molar refractivity (Wildman–Crippen MR) is 270 cm³/mol. The summed E-state index contributed by atoms with van der Waals surface area (Å²) in [6.45, 7) is 16.5. The molecule has 1 N–H and O–H groups in total. The Morgan fingerprint density at radius 1 is 0.824 bits per heavy atom. The molecule has 0 amide bonds. The summed E-state index contributed by atoms with van der Waals surface area (Å²) in [7, 11) is 1.56. The topological polar surface area (TPSA) is 159 Å². The molecule has 3 aromatic carbocycles. The van der Waals surface area contributed by atoms with E-state index in [1.807, 2.05) is 78.9 Å². The van der Waals surface area contributed by atoms with Gasteiger partial charge in [0.15, 0.2) is 0 Å². The molecule has 2 heterocycles. The zero-order chi connectivity index (χ0) is 49.6. The van der Waals surface area contributed by atoms with Gasteiger partial charge in [0.05, 0.1) is 59.2 Å². The Hall–Kier alpha value is -3.81. The number of nitrogens with zero attached hydrogens (tertiary/aromatic N) is 4. The van der Waals surface area contributed by atoms with E-state index < -0.39 is 50.5 Å². The predicted octanol–water partition coefficient (Wildman–Crippen LogP) is 9.98. The van der Waals surface area contributed by atoms with Gasteiger partial charge < -0.3 is 37.0 Å². The van der Waals surface area contributed by atoms with Gasteiger partial charge in [0, 0.05) is 42.3 Å². The zero-order valence-corrected chi connectivity index (χ0v) is 44.1. The molecule has 15 nitrogen and oxygen atoms in total. The Balaban J connectivity index is 1.47. The number of aromatic amines is 1. The van der Waals surface area contributed by atoms with E-state index >= 15 is 0 Å². The Kier molecular flexibility index (Phi) is 21.0. The zero-order valence-electron chi connectivity index (χ0n) is 41.5. The van der Waals surface area contributed by atoms with Gasteiger partial charge in [-0.1, -0.05) is 54.6 Å². The third-order valence-corrected chi connectivity index (χ3v) is 17.4. The molecule has 0 radical (unpaired) electrons. The normalized spacial score (nSPS) is 17.9. The van der Waals surface area contributed by atoms with Crippen molar-refractivity contribution in [2.45, 2.75) is 136 Å². The largest absolute Gasteiger partial charge is 0.497 e. The Morgan fingerprint density at radius 3 is 1.90 bits per heavy atom. The lowest BCUT2D eigenvalue weighted by Crippen LogP contribution is -2.39. The summed E-state index contributed by atoms with van der Waals surface area (Å²) in [4.78, 5) is 28.4. The van der Waals surface area contributed by atoms with E-state index in [9.17, 15) is 14.9 Å². The molecule has 5 rings (SSSR count). The second kappa shape index (κ2) is 25.9. The number of nitriles is 1. The van der Waals surface area contributed by atoms with Crippen LogP contribution in [0.2, 0.25) is 0 Å². The molecular weight excluding hydrogens is 925 g/mol. The van der Waals surface area contributed by atoms with Gasteiger partial charge >= 0.3 is 5.69 Å². The van der Waals surface area contributed by atoms with Gasteiger partial charge in [-0.3, -0.25) is 14.3 Å². The van der Waals surface area contributed by atoms with Gasteiger partial charge in [-0.25, -0.2) is 14.1 Å². The van der Waals surface area contributed by atoms with E-state index in [1.54, 1.807) is 21.1 Å².